The second-order valence-corrected chi connectivity index (χ2v) is 6.62. The smallest absolute Gasteiger partial charge is 0.355 e. The molecule has 0 amide bonds. The topological polar surface area (TPSA) is 125 Å². The number of aromatic carboxylic acids is 1. The molecule has 1 unspecified atom stereocenters. The normalized spacial score (nSPS) is 13.3. The highest BCUT2D eigenvalue weighted by molar-refractivity contribution is 7.89. The number of carboxylic acids is 1. The lowest BCUT2D eigenvalue weighted by atomic mass is 10.4. The zero-order valence-electron chi connectivity index (χ0n) is 10.6. The van der Waals surface area contributed by atoms with Gasteiger partial charge in [-0.2, -0.15) is 0 Å². The number of H-pyrrole nitrogens is 1. The number of imidazole rings is 1. The molecule has 0 saturated carbocycles. The molecule has 0 radical (unpaired) electrons. The molecular weight excluding hydrogens is 304 g/mol. The standard InChI is InChI=1S/C10H12N4O4S2/c1-5(9-13-7(4-19-9)10(15)16)14-20(17,18)8-3-11-6(2)12-8/h3-5,14H,1-2H3,(H,11,12)(H,15,16). The molecule has 0 bridgehead atoms. The van der Waals surface area contributed by atoms with Crippen molar-refractivity contribution in [2.45, 2.75) is 24.9 Å². The first kappa shape index (κ1) is 14.6. The molecule has 0 saturated heterocycles. The summed E-state index contributed by atoms with van der Waals surface area (Å²) in [6.07, 6.45) is 1.22. The molecular formula is C10H12N4O4S2. The van der Waals surface area contributed by atoms with Crippen molar-refractivity contribution in [1.82, 2.24) is 19.7 Å². The van der Waals surface area contributed by atoms with E-state index >= 15 is 0 Å². The molecule has 2 rings (SSSR count). The van der Waals surface area contributed by atoms with E-state index in [2.05, 4.69) is 19.7 Å². The molecule has 0 spiro atoms. The van der Waals surface area contributed by atoms with Crippen molar-refractivity contribution in [3.63, 3.8) is 0 Å². The lowest BCUT2D eigenvalue weighted by molar-refractivity contribution is 0.0691. The number of rotatable bonds is 5. The van der Waals surface area contributed by atoms with Crippen LogP contribution in [-0.2, 0) is 10.0 Å². The Morgan fingerprint density at radius 2 is 2.25 bits per heavy atom. The number of carbonyl (C=O) groups is 1. The fraction of sp³-hybridized carbons (Fsp3) is 0.300. The molecule has 10 heteroatoms. The van der Waals surface area contributed by atoms with Gasteiger partial charge in [-0.3, -0.25) is 0 Å². The number of thiazole rings is 1. The van der Waals surface area contributed by atoms with Gasteiger partial charge in [-0.05, 0) is 13.8 Å². The lowest BCUT2D eigenvalue weighted by Gasteiger charge is -2.10. The summed E-state index contributed by atoms with van der Waals surface area (Å²) in [6, 6.07) is -0.637. The number of hydrogen-bond donors (Lipinski definition) is 3. The highest BCUT2D eigenvalue weighted by Gasteiger charge is 2.22. The van der Waals surface area contributed by atoms with E-state index < -0.39 is 22.0 Å². The highest BCUT2D eigenvalue weighted by atomic mass is 32.2. The van der Waals surface area contributed by atoms with Crippen LogP contribution in [0.4, 0.5) is 0 Å². The molecule has 2 aromatic heterocycles. The van der Waals surface area contributed by atoms with Crippen LogP contribution in [0.15, 0.2) is 16.6 Å². The van der Waals surface area contributed by atoms with E-state index in [-0.39, 0.29) is 10.7 Å². The second-order valence-electron chi connectivity index (χ2n) is 4.05. The van der Waals surface area contributed by atoms with Crippen molar-refractivity contribution < 1.29 is 18.3 Å². The van der Waals surface area contributed by atoms with Crippen LogP contribution >= 0.6 is 11.3 Å². The molecule has 3 N–H and O–H groups in total. The van der Waals surface area contributed by atoms with Gasteiger partial charge in [0.25, 0.3) is 10.0 Å². The zero-order chi connectivity index (χ0) is 14.9. The maximum atomic E-state index is 12.0. The molecule has 1 atom stereocenters. The third-order valence-corrected chi connectivity index (χ3v) is 4.89. The molecule has 108 valence electrons. The highest BCUT2D eigenvalue weighted by Crippen LogP contribution is 2.20. The van der Waals surface area contributed by atoms with Crippen molar-refractivity contribution in [1.29, 1.82) is 0 Å². The van der Waals surface area contributed by atoms with Crippen LogP contribution in [0.25, 0.3) is 0 Å². The predicted molar refractivity (Wildman–Crippen MR) is 71.1 cm³/mol. The van der Waals surface area contributed by atoms with E-state index in [1.807, 2.05) is 0 Å². The molecule has 0 aliphatic heterocycles. The van der Waals surface area contributed by atoms with Gasteiger partial charge in [0, 0.05) is 5.38 Å². The van der Waals surface area contributed by atoms with Gasteiger partial charge >= 0.3 is 5.97 Å². The van der Waals surface area contributed by atoms with Crippen molar-refractivity contribution in [3.8, 4) is 0 Å². The fourth-order valence-electron chi connectivity index (χ4n) is 1.47. The van der Waals surface area contributed by atoms with Gasteiger partial charge in [-0.1, -0.05) is 0 Å². The van der Waals surface area contributed by atoms with Crippen LogP contribution in [-0.4, -0.2) is 34.4 Å². The third-order valence-electron chi connectivity index (χ3n) is 2.41. The average molecular weight is 316 g/mol. The molecule has 0 fully saturated rings. The van der Waals surface area contributed by atoms with Crippen molar-refractivity contribution in [3.05, 3.63) is 28.1 Å². The number of nitrogens with zero attached hydrogens (tertiary/aromatic N) is 2. The van der Waals surface area contributed by atoms with Gasteiger partial charge < -0.3 is 10.1 Å². The molecule has 20 heavy (non-hydrogen) atoms. The zero-order valence-corrected chi connectivity index (χ0v) is 12.2. The van der Waals surface area contributed by atoms with Crippen molar-refractivity contribution in [2.24, 2.45) is 0 Å². The van der Waals surface area contributed by atoms with Crippen LogP contribution in [0.1, 0.15) is 34.3 Å². The van der Waals surface area contributed by atoms with Crippen LogP contribution in [0.5, 0.6) is 0 Å². The predicted octanol–water partition coefficient (Wildman–Crippen LogP) is 0.912. The molecule has 8 nitrogen and oxygen atoms in total. The Labute approximate surface area is 119 Å². The van der Waals surface area contributed by atoms with E-state index in [1.54, 1.807) is 13.8 Å². The monoisotopic (exact) mass is 316 g/mol. The summed E-state index contributed by atoms with van der Waals surface area (Å²) in [4.78, 5) is 21.0. The largest absolute Gasteiger partial charge is 0.476 e. The van der Waals surface area contributed by atoms with E-state index in [4.69, 9.17) is 5.11 Å². The quantitative estimate of drug-likeness (QED) is 0.753. The summed E-state index contributed by atoms with van der Waals surface area (Å²) in [7, 11) is -3.75. The summed E-state index contributed by atoms with van der Waals surface area (Å²) < 4.78 is 26.5. The SMILES string of the molecule is Cc1ncc(S(=O)(=O)NC(C)c2nc(C(=O)O)cs2)[nH]1. The number of carboxylic acid groups (broad SMARTS) is 1. The first-order valence-corrected chi connectivity index (χ1v) is 7.88. The number of nitrogens with one attached hydrogen (secondary N) is 2. The Morgan fingerprint density at radius 3 is 2.75 bits per heavy atom. The first-order valence-electron chi connectivity index (χ1n) is 5.52. The minimum absolute atomic E-state index is 0.0446. The Balaban J connectivity index is 2.18. The first-order chi connectivity index (χ1) is 9.29. The number of aromatic nitrogens is 3. The van der Waals surface area contributed by atoms with Gasteiger partial charge in [0.1, 0.15) is 10.8 Å². The average Bonchev–Trinajstić information content (AvgIpc) is 2.96. The van der Waals surface area contributed by atoms with Crippen LogP contribution in [0.2, 0.25) is 0 Å². The Hall–Kier alpha value is -1.78. The third kappa shape index (κ3) is 3.03. The Kier molecular flexibility index (Phi) is 3.88. The van der Waals surface area contributed by atoms with E-state index in [0.29, 0.717) is 10.8 Å². The molecule has 2 aromatic rings. The Bertz CT molecular complexity index is 734. The van der Waals surface area contributed by atoms with Gasteiger partial charge in [0.2, 0.25) is 0 Å². The summed E-state index contributed by atoms with van der Waals surface area (Å²) in [5, 5.41) is 10.5. The van der Waals surface area contributed by atoms with E-state index in [0.717, 1.165) is 11.3 Å². The number of sulfonamides is 1. The second kappa shape index (κ2) is 5.31. The summed E-state index contributed by atoms with van der Waals surface area (Å²) in [5.74, 6) is -0.660. The van der Waals surface area contributed by atoms with Gasteiger partial charge in [-0.15, -0.1) is 11.3 Å². The van der Waals surface area contributed by atoms with Gasteiger partial charge in [0.05, 0.1) is 12.2 Å². The molecule has 0 aliphatic carbocycles. The summed E-state index contributed by atoms with van der Waals surface area (Å²) in [6.45, 7) is 3.23. The van der Waals surface area contributed by atoms with Crippen molar-refractivity contribution >= 4 is 27.3 Å². The van der Waals surface area contributed by atoms with Crippen LogP contribution in [0.3, 0.4) is 0 Å². The molecule has 0 aromatic carbocycles. The van der Waals surface area contributed by atoms with Crippen LogP contribution in [0, 0.1) is 6.92 Å². The van der Waals surface area contributed by atoms with Crippen molar-refractivity contribution in [2.75, 3.05) is 0 Å². The number of aryl methyl sites for hydroxylation is 1. The number of aromatic amines is 1. The maximum absolute atomic E-state index is 12.0. The minimum Gasteiger partial charge on any atom is -0.476 e. The lowest BCUT2D eigenvalue weighted by Crippen LogP contribution is -2.27. The Morgan fingerprint density at radius 1 is 1.55 bits per heavy atom. The van der Waals surface area contributed by atoms with Gasteiger partial charge in [0.15, 0.2) is 10.7 Å². The molecule has 0 aliphatic rings. The number of hydrogen-bond acceptors (Lipinski definition) is 6. The summed E-state index contributed by atoms with van der Waals surface area (Å²) in [5.41, 5.74) is -0.103. The van der Waals surface area contributed by atoms with E-state index in [9.17, 15) is 13.2 Å². The minimum atomic E-state index is -3.75. The fourth-order valence-corrected chi connectivity index (χ4v) is 3.52. The van der Waals surface area contributed by atoms with Crippen LogP contribution < -0.4 is 4.72 Å². The maximum Gasteiger partial charge on any atom is 0.355 e. The van der Waals surface area contributed by atoms with E-state index in [1.165, 1.54) is 11.6 Å². The summed E-state index contributed by atoms with van der Waals surface area (Å²) >= 11 is 1.08. The van der Waals surface area contributed by atoms with Gasteiger partial charge in [-0.25, -0.2) is 27.9 Å². The molecule has 2 heterocycles.